The zero-order valence-corrected chi connectivity index (χ0v) is 13.2. The van der Waals surface area contributed by atoms with Crippen molar-refractivity contribution in [3.8, 4) is 0 Å². The third-order valence-electron chi connectivity index (χ3n) is 3.80. The lowest BCUT2D eigenvalue weighted by molar-refractivity contribution is -0.137. The van der Waals surface area contributed by atoms with Gasteiger partial charge in [-0.15, -0.1) is 0 Å². The predicted octanol–water partition coefficient (Wildman–Crippen LogP) is 3.57. The Labute approximate surface area is 133 Å². The van der Waals surface area contributed by atoms with Crippen LogP contribution in [-0.2, 0) is 6.18 Å². The van der Waals surface area contributed by atoms with Gasteiger partial charge in [-0.3, -0.25) is 0 Å². The maximum absolute atomic E-state index is 12.8. The molecule has 4 N–H and O–H groups in total. The van der Waals surface area contributed by atoms with E-state index in [1.807, 2.05) is 0 Å². The Kier molecular flexibility index (Phi) is 5.28. The molecule has 0 unspecified atom stereocenters. The SMILES string of the molecule is Cc1cc(NC(=S)N[C@H]2CCCC[C@@H]2N)cc(C(F)(F)F)c1. The van der Waals surface area contributed by atoms with Crippen LogP contribution >= 0.6 is 12.2 Å². The van der Waals surface area contributed by atoms with E-state index in [0.29, 0.717) is 16.4 Å². The maximum Gasteiger partial charge on any atom is 0.416 e. The number of halogens is 3. The Morgan fingerprint density at radius 1 is 1.23 bits per heavy atom. The molecule has 0 radical (unpaired) electrons. The molecule has 22 heavy (non-hydrogen) atoms. The minimum absolute atomic E-state index is 0.0248. The number of rotatable bonds is 2. The highest BCUT2D eigenvalue weighted by Gasteiger charge is 2.31. The van der Waals surface area contributed by atoms with Crippen LogP contribution in [0.15, 0.2) is 18.2 Å². The summed E-state index contributed by atoms with van der Waals surface area (Å²) in [5.74, 6) is 0. The van der Waals surface area contributed by atoms with Crippen molar-refractivity contribution in [1.29, 1.82) is 0 Å². The fourth-order valence-corrected chi connectivity index (χ4v) is 2.96. The minimum Gasteiger partial charge on any atom is -0.358 e. The van der Waals surface area contributed by atoms with E-state index in [-0.39, 0.29) is 12.1 Å². The van der Waals surface area contributed by atoms with Crippen LogP contribution in [-0.4, -0.2) is 17.2 Å². The Morgan fingerprint density at radius 3 is 2.55 bits per heavy atom. The summed E-state index contributed by atoms with van der Waals surface area (Å²) >= 11 is 5.19. The van der Waals surface area contributed by atoms with Crippen LogP contribution in [0.3, 0.4) is 0 Å². The molecule has 1 aliphatic rings. The molecule has 1 aromatic carbocycles. The number of aryl methyl sites for hydroxylation is 1. The fourth-order valence-electron chi connectivity index (χ4n) is 2.69. The normalized spacial score (nSPS) is 22.2. The third kappa shape index (κ3) is 4.58. The lowest BCUT2D eigenvalue weighted by Gasteiger charge is -2.30. The zero-order chi connectivity index (χ0) is 16.3. The van der Waals surface area contributed by atoms with Gasteiger partial charge in [-0.2, -0.15) is 13.2 Å². The van der Waals surface area contributed by atoms with Crippen molar-refractivity contribution in [3.63, 3.8) is 0 Å². The Balaban J connectivity index is 2.03. The summed E-state index contributed by atoms with van der Waals surface area (Å²) in [4.78, 5) is 0. The summed E-state index contributed by atoms with van der Waals surface area (Å²) in [5, 5.41) is 6.24. The molecule has 0 aromatic heterocycles. The van der Waals surface area contributed by atoms with Crippen molar-refractivity contribution in [1.82, 2.24) is 5.32 Å². The zero-order valence-electron chi connectivity index (χ0n) is 12.3. The Bertz CT molecular complexity index is 545. The van der Waals surface area contributed by atoms with E-state index in [1.165, 1.54) is 0 Å². The quantitative estimate of drug-likeness (QED) is 0.725. The molecule has 122 valence electrons. The summed E-state index contributed by atoms with van der Waals surface area (Å²) in [6.07, 6.45) is -0.334. The summed E-state index contributed by atoms with van der Waals surface area (Å²) in [7, 11) is 0. The van der Waals surface area contributed by atoms with Crippen LogP contribution in [0.2, 0.25) is 0 Å². The van der Waals surface area contributed by atoms with Gasteiger partial charge in [-0.1, -0.05) is 12.8 Å². The highest BCUT2D eigenvalue weighted by Crippen LogP contribution is 2.31. The molecule has 0 saturated heterocycles. The maximum atomic E-state index is 12.8. The van der Waals surface area contributed by atoms with E-state index < -0.39 is 11.7 Å². The average Bonchev–Trinajstić information content (AvgIpc) is 2.39. The van der Waals surface area contributed by atoms with Gasteiger partial charge in [0.15, 0.2) is 5.11 Å². The molecule has 1 fully saturated rings. The summed E-state index contributed by atoms with van der Waals surface area (Å²) < 4.78 is 38.4. The second kappa shape index (κ2) is 6.83. The molecular weight excluding hydrogens is 311 g/mol. The van der Waals surface area contributed by atoms with Crippen LogP contribution in [0.5, 0.6) is 0 Å². The van der Waals surface area contributed by atoms with Gasteiger partial charge in [-0.25, -0.2) is 0 Å². The summed E-state index contributed by atoms with van der Waals surface area (Å²) in [6, 6.07) is 3.89. The van der Waals surface area contributed by atoms with Crippen molar-refractivity contribution >= 4 is 23.0 Å². The lowest BCUT2D eigenvalue weighted by atomic mass is 9.91. The van der Waals surface area contributed by atoms with Gasteiger partial charge in [0.2, 0.25) is 0 Å². The number of benzene rings is 1. The van der Waals surface area contributed by atoms with Crippen molar-refractivity contribution in [2.75, 3.05) is 5.32 Å². The smallest absolute Gasteiger partial charge is 0.358 e. The second-order valence-electron chi connectivity index (χ2n) is 5.74. The van der Waals surface area contributed by atoms with Crippen LogP contribution in [0.25, 0.3) is 0 Å². The molecular formula is C15H20F3N3S. The largest absolute Gasteiger partial charge is 0.416 e. The van der Waals surface area contributed by atoms with E-state index in [2.05, 4.69) is 10.6 Å². The van der Waals surface area contributed by atoms with Crippen LogP contribution < -0.4 is 16.4 Å². The summed E-state index contributed by atoms with van der Waals surface area (Å²) in [5.41, 5.74) is 6.19. The first-order chi connectivity index (χ1) is 10.3. The number of thiocarbonyl (C=S) groups is 1. The molecule has 0 bridgehead atoms. The summed E-state index contributed by atoms with van der Waals surface area (Å²) in [6.45, 7) is 1.62. The van der Waals surface area contributed by atoms with Gasteiger partial charge < -0.3 is 16.4 Å². The van der Waals surface area contributed by atoms with Gasteiger partial charge in [0.05, 0.1) is 5.56 Å². The second-order valence-corrected chi connectivity index (χ2v) is 6.15. The first-order valence-corrected chi connectivity index (χ1v) is 7.68. The molecule has 3 nitrogen and oxygen atoms in total. The Morgan fingerprint density at radius 2 is 1.91 bits per heavy atom. The van der Waals surface area contributed by atoms with Gasteiger partial charge in [0.25, 0.3) is 0 Å². The molecule has 1 saturated carbocycles. The molecule has 0 spiro atoms. The highest BCUT2D eigenvalue weighted by molar-refractivity contribution is 7.80. The first-order valence-electron chi connectivity index (χ1n) is 7.27. The van der Waals surface area contributed by atoms with Gasteiger partial charge in [0, 0.05) is 17.8 Å². The molecule has 0 heterocycles. The van der Waals surface area contributed by atoms with Gasteiger partial charge in [-0.05, 0) is 55.7 Å². The number of nitrogens with one attached hydrogen (secondary N) is 2. The van der Waals surface area contributed by atoms with Crippen LogP contribution in [0, 0.1) is 6.92 Å². The van der Waals surface area contributed by atoms with Gasteiger partial charge >= 0.3 is 6.18 Å². The fraction of sp³-hybridized carbons (Fsp3) is 0.533. The topological polar surface area (TPSA) is 50.1 Å². The van der Waals surface area contributed by atoms with Crippen molar-refractivity contribution in [3.05, 3.63) is 29.3 Å². The van der Waals surface area contributed by atoms with E-state index >= 15 is 0 Å². The van der Waals surface area contributed by atoms with Gasteiger partial charge in [0.1, 0.15) is 0 Å². The number of hydrogen-bond acceptors (Lipinski definition) is 2. The molecule has 1 aliphatic carbocycles. The van der Waals surface area contributed by atoms with Crippen molar-refractivity contribution in [2.24, 2.45) is 5.73 Å². The molecule has 0 amide bonds. The van der Waals surface area contributed by atoms with E-state index in [9.17, 15) is 13.2 Å². The van der Waals surface area contributed by atoms with Crippen LogP contribution in [0.1, 0.15) is 36.8 Å². The molecule has 2 atom stereocenters. The monoisotopic (exact) mass is 331 g/mol. The molecule has 0 aliphatic heterocycles. The Hall–Kier alpha value is -1.34. The number of nitrogens with two attached hydrogens (primary N) is 1. The minimum atomic E-state index is -4.37. The van der Waals surface area contributed by atoms with E-state index in [0.717, 1.165) is 37.8 Å². The van der Waals surface area contributed by atoms with E-state index in [4.69, 9.17) is 18.0 Å². The lowest BCUT2D eigenvalue weighted by Crippen LogP contribution is -2.50. The third-order valence-corrected chi connectivity index (χ3v) is 4.02. The van der Waals surface area contributed by atoms with Crippen LogP contribution in [0.4, 0.5) is 18.9 Å². The van der Waals surface area contributed by atoms with E-state index in [1.54, 1.807) is 13.0 Å². The highest BCUT2D eigenvalue weighted by atomic mass is 32.1. The molecule has 1 aromatic rings. The number of anilines is 1. The first kappa shape index (κ1) is 17.0. The van der Waals surface area contributed by atoms with Crippen molar-refractivity contribution in [2.45, 2.75) is 50.9 Å². The predicted molar refractivity (Wildman–Crippen MR) is 85.8 cm³/mol. The average molecular weight is 331 g/mol. The number of hydrogen-bond donors (Lipinski definition) is 3. The standard InChI is InChI=1S/C15H20F3N3S/c1-9-6-10(15(16,17)18)8-11(7-9)20-14(22)21-13-5-3-2-4-12(13)19/h6-8,12-13H,2-5,19H2,1H3,(H2,20,21,22)/t12-,13-/m0/s1. The molecule has 2 rings (SSSR count). The number of alkyl halides is 3. The van der Waals surface area contributed by atoms with Crippen molar-refractivity contribution < 1.29 is 13.2 Å². The molecule has 7 heteroatoms.